The first-order valence-corrected chi connectivity index (χ1v) is 7.55. The molecule has 0 aromatic carbocycles. The van der Waals surface area contributed by atoms with E-state index in [1.165, 1.54) is 47.7 Å². The van der Waals surface area contributed by atoms with Crippen LogP contribution < -0.4 is 5.73 Å². The Morgan fingerprint density at radius 2 is 2.24 bits per heavy atom. The molecule has 96 valence electrons. The fourth-order valence-electron chi connectivity index (χ4n) is 2.30. The van der Waals surface area contributed by atoms with Gasteiger partial charge >= 0.3 is 0 Å². The number of nitrogens with zero attached hydrogens (tertiary/aromatic N) is 1. The molecule has 0 radical (unpaired) electrons. The first-order chi connectivity index (χ1) is 8.22. The van der Waals surface area contributed by atoms with E-state index in [4.69, 9.17) is 5.73 Å². The van der Waals surface area contributed by atoms with Gasteiger partial charge in [-0.3, -0.25) is 4.90 Å². The quantitative estimate of drug-likeness (QED) is 0.808. The highest BCUT2D eigenvalue weighted by atomic mass is 32.1. The lowest BCUT2D eigenvalue weighted by atomic mass is 10.2. The first-order valence-electron chi connectivity index (χ1n) is 6.73. The Labute approximate surface area is 109 Å². The van der Waals surface area contributed by atoms with Gasteiger partial charge in [0.2, 0.25) is 0 Å². The summed E-state index contributed by atoms with van der Waals surface area (Å²) in [5, 5.41) is 0. The molecule has 0 amide bonds. The highest BCUT2D eigenvalue weighted by molar-refractivity contribution is 7.12. The number of aryl methyl sites for hydroxylation is 1. The molecule has 0 atom stereocenters. The minimum atomic E-state index is 0.682. The summed E-state index contributed by atoms with van der Waals surface area (Å²) in [5.74, 6) is 0.981. The van der Waals surface area contributed by atoms with Crippen molar-refractivity contribution in [1.82, 2.24) is 4.90 Å². The molecule has 1 fully saturated rings. The van der Waals surface area contributed by atoms with Crippen molar-refractivity contribution >= 4 is 11.3 Å². The molecule has 0 saturated heterocycles. The van der Waals surface area contributed by atoms with Gasteiger partial charge in [-0.25, -0.2) is 0 Å². The average molecular weight is 252 g/mol. The van der Waals surface area contributed by atoms with Gasteiger partial charge in [-0.15, -0.1) is 11.3 Å². The molecule has 1 heterocycles. The van der Waals surface area contributed by atoms with E-state index in [1.54, 1.807) is 0 Å². The Hall–Kier alpha value is -0.380. The predicted octanol–water partition coefficient (Wildman–Crippen LogP) is 3.14. The summed E-state index contributed by atoms with van der Waals surface area (Å²) in [6.45, 7) is 8.81. The lowest BCUT2D eigenvalue weighted by Crippen LogP contribution is -2.26. The molecule has 0 unspecified atom stereocenters. The van der Waals surface area contributed by atoms with Crippen molar-refractivity contribution in [2.45, 2.75) is 46.2 Å². The van der Waals surface area contributed by atoms with Crippen molar-refractivity contribution in [1.29, 1.82) is 0 Å². The summed E-state index contributed by atoms with van der Waals surface area (Å²) < 4.78 is 0. The Balaban J connectivity index is 1.96. The van der Waals surface area contributed by atoms with E-state index < -0.39 is 0 Å². The van der Waals surface area contributed by atoms with Crippen LogP contribution in [0, 0.1) is 12.8 Å². The van der Waals surface area contributed by atoms with Gasteiger partial charge in [0.1, 0.15) is 0 Å². The summed E-state index contributed by atoms with van der Waals surface area (Å²) in [4.78, 5) is 5.38. The summed E-state index contributed by atoms with van der Waals surface area (Å²) in [5.41, 5.74) is 7.20. The number of thiophene rings is 1. The zero-order valence-electron chi connectivity index (χ0n) is 11.0. The van der Waals surface area contributed by atoms with Crippen LogP contribution in [-0.4, -0.2) is 18.0 Å². The van der Waals surface area contributed by atoms with Crippen LogP contribution in [0.4, 0.5) is 0 Å². The average Bonchev–Trinajstić information content (AvgIpc) is 3.04. The highest BCUT2D eigenvalue weighted by Crippen LogP contribution is 2.31. The standard InChI is InChI=1S/C14H24N2S/c1-3-6-16(9-12-4-5-12)10-13-7-14(8-15)17-11(13)2/h7,12H,3-6,8-10,15H2,1-2H3. The van der Waals surface area contributed by atoms with Gasteiger partial charge in [0.05, 0.1) is 0 Å². The molecule has 1 aromatic rings. The summed E-state index contributed by atoms with van der Waals surface area (Å²) in [6, 6.07) is 2.30. The minimum Gasteiger partial charge on any atom is -0.326 e. The van der Waals surface area contributed by atoms with Crippen molar-refractivity contribution in [3.05, 3.63) is 21.4 Å². The minimum absolute atomic E-state index is 0.682. The van der Waals surface area contributed by atoms with Crippen LogP contribution in [0.2, 0.25) is 0 Å². The van der Waals surface area contributed by atoms with E-state index in [9.17, 15) is 0 Å². The highest BCUT2D eigenvalue weighted by Gasteiger charge is 2.24. The predicted molar refractivity (Wildman–Crippen MR) is 75.2 cm³/mol. The molecular formula is C14H24N2S. The lowest BCUT2D eigenvalue weighted by molar-refractivity contribution is 0.255. The molecule has 1 aliphatic carbocycles. The van der Waals surface area contributed by atoms with E-state index in [0.717, 1.165) is 12.5 Å². The van der Waals surface area contributed by atoms with Crippen LogP contribution in [0.5, 0.6) is 0 Å². The van der Waals surface area contributed by atoms with Crippen LogP contribution in [0.3, 0.4) is 0 Å². The zero-order valence-corrected chi connectivity index (χ0v) is 11.9. The number of hydrogen-bond donors (Lipinski definition) is 1. The molecule has 0 bridgehead atoms. The van der Waals surface area contributed by atoms with Gasteiger partial charge in [0.15, 0.2) is 0 Å². The lowest BCUT2D eigenvalue weighted by Gasteiger charge is -2.21. The van der Waals surface area contributed by atoms with Crippen LogP contribution in [0.1, 0.15) is 41.5 Å². The van der Waals surface area contributed by atoms with E-state index in [-0.39, 0.29) is 0 Å². The fraction of sp³-hybridized carbons (Fsp3) is 0.714. The van der Waals surface area contributed by atoms with E-state index >= 15 is 0 Å². The first kappa shape index (κ1) is 13.1. The van der Waals surface area contributed by atoms with E-state index in [2.05, 4.69) is 24.8 Å². The van der Waals surface area contributed by atoms with Crippen LogP contribution in [0.25, 0.3) is 0 Å². The molecule has 0 aliphatic heterocycles. The summed E-state index contributed by atoms with van der Waals surface area (Å²) >= 11 is 1.86. The maximum atomic E-state index is 5.71. The van der Waals surface area contributed by atoms with Crippen molar-refractivity contribution < 1.29 is 0 Å². The van der Waals surface area contributed by atoms with Gasteiger partial charge in [-0.05, 0) is 50.3 Å². The Morgan fingerprint density at radius 1 is 1.47 bits per heavy atom. The van der Waals surface area contributed by atoms with Gasteiger partial charge < -0.3 is 5.73 Å². The molecule has 17 heavy (non-hydrogen) atoms. The van der Waals surface area contributed by atoms with E-state index in [0.29, 0.717) is 6.54 Å². The van der Waals surface area contributed by atoms with Crippen molar-refractivity contribution in [3.8, 4) is 0 Å². The van der Waals surface area contributed by atoms with Gasteiger partial charge in [0.25, 0.3) is 0 Å². The van der Waals surface area contributed by atoms with E-state index in [1.807, 2.05) is 11.3 Å². The maximum absolute atomic E-state index is 5.71. The fourth-order valence-corrected chi connectivity index (χ4v) is 3.24. The van der Waals surface area contributed by atoms with Crippen LogP contribution in [-0.2, 0) is 13.1 Å². The maximum Gasteiger partial charge on any atom is 0.0274 e. The largest absolute Gasteiger partial charge is 0.326 e. The molecule has 2 nitrogen and oxygen atoms in total. The molecule has 3 heteroatoms. The third kappa shape index (κ3) is 3.80. The molecule has 2 N–H and O–H groups in total. The molecule has 1 aliphatic rings. The third-order valence-corrected chi connectivity index (χ3v) is 4.53. The van der Waals surface area contributed by atoms with Crippen LogP contribution in [0.15, 0.2) is 6.07 Å². The second kappa shape index (κ2) is 5.98. The third-order valence-electron chi connectivity index (χ3n) is 3.42. The number of hydrogen-bond acceptors (Lipinski definition) is 3. The van der Waals surface area contributed by atoms with Gasteiger partial charge in [-0.1, -0.05) is 6.92 Å². The zero-order chi connectivity index (χ0) is 12.3. The summed E-state index contributed by atoms with van der Waals surface area (Å²) in [7, 11) is 0. The Kier molecular flexibility index (Phi) is 4.60. The second-order valence-corrected chi connectivity index (χ2v) is 6.52. The monoisotopic (exact) mass is 252 g/mol. The van der Waals surface area contributed by atoms with Gasteiger partial charge in [-0.2, -0.15) is 0 Å². The molecular weight excluding hydrogens is 228 g/mol. The number of nitrogens with two attached hydrogens (primary N) is 1. The molecule has 1 aromatic heterocycles. The topological polar surface area (TPSA) is 29.3 Å². The smallest absolute Gasteiger partial charge is 0.0274 e. The van der Waals surface area contributed by atoms with Crippen molar-refractivity contribution in [2.24, 2.45) is 11.7 Å². The van der Waals surface area contributed by atoms with Crippen molar-refractivity contribution in [2.75, 3.05) is 13.1 Å². The van der Waals surface area contributed by atoms with Crippen LogP contribution >= 0.6 is 11.3 Å². The van der Waals surface area contributed by atoms with Gasteiger partial charge in [0, 0.05) is 29.4 Å². The molecule has 2 rings (SSSR count). The normalized spacial score (nSPS) is 15.8. The SMILES string of the molecule is CCCN(Cc1cc(CN)sc1C)CC1CC1. The Bertz CT molecular complexity index is 355. The Morgan fingerprint density at radius 3 is 2.76 bits per heavy atom. The summed E-state index contributed by atoms with van der Waals surface area (Å²) in [6.07, 6.45) is 4.13. The molecule has 0 spiro atoms. The molecule has 1 saturated carbocycles. The number of rotatable bonds is 7. The second-order valence-electron chi connectivity index (χ2n) is 5.18. The van der Waals surface area contributed by atoms with Crippen molar-refractivity contribution in [3.63, 3.8) is 0 Å².